The van der Waals surface area contributed by atoms with E-state index in [2.05, 4.69) is 45.4 Å². The minimum absolute atomic E-state index is 0.0115. The zero-order valence-electron chi connectivity index (χ0n) is 23.5. The number of aromatic amines is 1. The van der Waals surface area contributed by atoms with Gasteiger partial charge in [-0.1, -0.05) is 6.92 Å². The number of benzene rings is 3. The monoisotopic (exact) mass is 563 g/mol. The van der Waals surface area contributed by atoms with Gasteiger partial charge in [-0.05, 0) is 79.0 Å². The zero-order valence-corrected chi connectivity index (χ0v) is 23.5. The van der Waals surface area contributed by atoms with Gasteiger partial charge in [0.2, 0.25) is 0 Å². The number of rotatable bonds is 10. The Bertz CT molecular complexity index is 1500. The van der Waals surface area contributed by atoms with Crippen LogP contribution in [0, 0.1) is 17.6 Å². The standard InChI is InChI=1S/C31H35F2N5O3/c1-20(18-40-3)12-22-15-25(38-10-8-37(2)9-11-38)4-6-27(22)31(39)34-30-28-17-26(5-7-29(28)35-36-30)41-19-21-13-23(32)16-24(33)14-21/h4-7,13-17,20H,8-12,18-19H2,1-3H3,(H2,34,35,36,39)/t20-/m0/s1. The number of hydrogen-bond acceptors (Lipinski definition) is 6. The van der Waals surface area contributed by atoms with Crippen LogP contribution < -0.4 is 15.0 Å². The summed E-state index contributed by atoms with van der Waals surface area (Å²) < 4.78 is 38.2. The first-order chi connectivity index (χ1) is 19.8. The molecule has 8 nitrogen and oxygen atoms in total. The van der Waals surface area contributed by atoms with Crippen molar-refractivity contribution >= 4 is 28.3 Å². The number of methoxy groups -OCH3 is 1. The van der Waals surface area contributed by atoms with Gasteiger partial charge in [-0.15, -0.1) is 0 Å². The molecule has 0 saturated carbocycles. The van der Waals surface area contributed by atoms with E-state index in [-0.39, 0.29) is 18.4 Å². The molecular formula is C31H35F2N5O3. The number of ether oxygens (including phenoxy) is 2. The summed E-state index contributed by atoms with van der Waals surface area (Å²) >= 11 is 0. The lowest BCUT2D eigenvalue weighted by atomic mass is 9.95. The predicted molar refractivity (Wildman–Crippen MR) is 156 cm³/mol. The Hall–Kier alpha value is -4.02. The van der Waals surface area contributed by atoms with E-state index in [4.69, 9.17) is 9.47 Å². The Morgan fingerprint density at radius 1 is 1.05 bits per heavy atom. The number of carbonyl (C=O) groups excluding carboxylic acids is 1. The molecule has 1 aliphatic heterocycles. The molecule has 0 radical (unpaired) electrons. The highest BCUT2D eigenvalue weighted by atomic mass is 19.1. The molecule has 3 aromatic carbocycles. The van der Waals surface area contributed by atoms with Gasteiger partial charge in [0.15, 0.2) is 5.82 Å². The first-order valence-corrected chi connectivity index (χ1v) is 13.7. The molecule has 1 amide bonds. The Morgan fingerprint density at radius 3 is 2.54 bits per heavy atom. The number of amides is 1. The number of carbonyl (C=O) groups is 1. The minimum Gasteiger partial charge on any atom is -0.489 e. The molecule has 4 aromatic rings. The highest BCUT2D eigenvalue weighted by molar-refractivity contribution is 6.09. The van der Waals surface area contributed by atoms with Crippen molar-refractivity contribution in [2.24, 2.45) is 5.92 Å². The minimum atomic E-state index is -0.661. The lowest BCUT2D eigenvalue weighted by molar-refractivity contribution is 0.102. The van der Waals surface area contributed by atoms with E-state index in [9.17, 15) is 13.6 Å². The summed E-state index contributed by atoms with van der Waals surface area (Å²) in [4.78, 5) is 18.3. The smallest absolute Gasteiger partial charge is 0.257 e. The van der Waals surface area contributed by atoms with E-state index in [1.165, 1.54) is 12.1 Å². The second-order valence-electron chi connectivity index (χ2n) is 10.7. The van der Waals surface area contributed by atoms with Crippen LogP contribution in [0.25, 0.3) is 10.9 Å². The van der Waals surface area contributed by atoms with Gasteiger partial charge >= 0.3 is 0 Å². The van der Waals surface area contributed by atoms with Crippen LogP contribution in [0.2, 0.25) is 0 Å². The van der Waals surface area contributed by atoms with Crippen molar-refractivity contribution in [1.82, 2.24) is 15.1 Å². The van der Waals surface area contributed by atoms with Gasteiger partial charge in [-0.2, -0.15) is 5.10 Å². The molecule has 216 valence electrons. The van der Waals surface area contributed by atoms with Crippen molar-refractivity contribution in [3.63, 3.8) is 0 Å². The molecule has 1 fully saturated rings. The van der Waals surface area contributed by atoms with E-state index in [1.807, 2.05) is 12.1 Å². The molecule has 41 heavy (non-hydrogen) atoms. The average Bonchev–Trinajstić information content (AvgIpc) is 3.33. The molecule has 1 aliphatic rings. The molecule has 0 unspecified atom stereocenters. The average molecular weight is 564 g/mol. The molecule has 2 N–H and O–H groups in total. The van der Waals surface area contributed by atoms with Crippen LogP contribution in [0.15, 0.2) is 54.6 Å². The maximum absolute atomic E-state index is 13.6. The number of nitrogens with zero attached hydrogens (tertiary/aromatic N) is 3. The second kappa shape index (κ2) is 12.7. The Labute approximate surface area is 238 Å². The maximum atomic E-state index is 13.6. The van der Waals surface area contributed by atoms with Crippen LogP contribution in [0.4, 0.5) is 20.3 Å². The number of aromatic nitrogens is 2. The summed E-state index contributed by atoms with van der Waals surface area (Å²) in [5.41, 5.74) is 3.74. The van der Waals surface area contributed by atoms with E-state index >= 15 is 0 Å². The van der Waals surface area contributed by atoms with Crippen LogP contribution >= 0.6 is 0 Å². The normalized spacial score (nSPS) is 14.8. The van der Waals surface area contributed by atoms with Gasteiger partial charge in [0.25, 0.3) is 5.91 Å². The molecule has 1 atom stereocenters. The third-order valence-corrected chi connectivity index (χ3v) is 7.32. The summed E-state index contributed by atoms with van der Waals surface area (Å²) in [5.74, 6) is -0.509. The number of piperazine rings is 1. The Kier molecular flexibility index (Phi) is 8.80. The van der Waals surface area contributed by atoms with Crippen molar-refractivity contribution in [2.45, 2.75) is 20.0 Å². The van der Waals surface area contributed by atoms with Crippen LogP contribution in [0.3, 0.4) is 0 Å². The number of H-pyrrole nitrogens is 1. The summed E-state index contributed by atoms with van der Waals surface area (Å²) in [7, 11) is 3.81. The molecule has 1 saturated heterocycles. The number of hydrogen-bond donors (Lipinski definition) is 2. The van der Waals surface area contributed by atoms with Gasteiger partial charge in [0.1, 0.15) is 24.0 Å². The largest absolute Gasteiger partial charge is 0.489 e. The second-order valence-corrected chi connectivity index (χ2v) is 10.7. The third-order valence-electron chi connectivity index (χ3n) is 7.32. The topological polar surface area (TPSA) is 82.7 Å². The number of fused-ring (bicyclic) bond motifs is 1. The number of likely N-dealkylation sites (N-methyl/N-ethyl adjacent to an activating group) is 1. The van der Waals surface area contributed by atoms with Crippen molar-refractivity contribution < 1.29 is 23.0 Å². The summed E-state index contributed by atoms with van der Waals surface area (Å²) in [5, 5.41) is 10.9. The number of anilines is 2. The quantitative estimate of drug-likeness (QED) is 0.274. The fourth-order valence-corrected chi connectivity index (χ4v) is 5.16. The first-order valence-electron chi connectivity index (χ1n) is 13.7. The van der Waals surface area contributed by atoms with Crippen LogP contribution in [-0.4, -0.2) is 67.9 Å². The number of halogens is 2. The molecular weight excluding hydrogens is 528 g/mol. The highest BCUT2D eigenvalue weighted by Gasteiger charge is 2.20. The van der Waals surface area contributed by atoms with E-state index in [0.29, 0.717) is 46.6 Å². The van der Waals surface area contributed by atoms with Crippen molar-refractivity contribution in [3.8, 4) is 5.75 Å². The first kappa shape index (κ1) is 28.5. The molecule has 5 rings (SSSR count). The number of nitrogens with one attached hydrogen (secondary N) is 2. The molecule has 0 bridgehead atoms. The Balaban J connectivity index is 1.36. The molecule has 2 heterocycles. The lowest BCUT2D eigenvalue weighted by Crippen LogP contribution is -2.44. The van der Waals surface area contributed by atoms with Crippen LogP contribution in [0.5, 0.6) is 5.75 Å². The van der Waals surface area contributed by atoms with Gasteiger partial charge in [0, 0.05) is 62.6 Å². The predicted octanol–water partition coefficient (Wildman–Crippen LogP) is 5.25. The summed E-state index contributed by atoms with van der Waals surface area (Å²) in [6.07, 6.45) is 0.693. The lowest BCUT2D eigenvalue weighted by Gasteiger charge is -2.34. The third kappa shape index (κ3) is 7.01. The Morgan fingerprint density at radius 2 is 1.80 bits per heavy atom. The van der Waals surface area contributed by atoms with Gasteiger partial charge in [0.05, 0.1) is 5.52 Å². The summed E-state index contributed by atoms with van der Waals surface area (Å²) in [6.45, 7) is 6.55. The van der Waals surface area contributed by atoms with E-state index in [1.54, 1.807) is 25.3 Å². The zero-order chi connectivity index (χ0) is 28.9. The van der Waals surface area contributed by atoms with Crippen LogP contribution in [0.1, 0.15) is 28.4 Å². The molecule has 1 aromatic heterocycles. The van der Waals surface area contributed by atoms with Gasteiger partial charge in [-0.25, -0.2) is 8.78 Å². The molecule has 0 aliphatic carbocycles. The molecule has 10 heteroatoms. The fraction of sp³-hybridized carbons (Fsp3) is 0.355. The van der Waals surface area contributed by atoms with Crippen molar-refractivity contribution in [2.75, 3.05) is 57.2 Å². The van der Waals surface area contributed by atoms with Crippen molar-refractivity contribution in [3.05, 3.63) is 82.9 Å². The van der Waals surface area contributed by atoms with Gasteiger partial charge < -0.3 is 24.6 Å². The fourth-order valence-electron chi connectivity index (χ4n) is 5.16. The van der Waals surface area contributed by atoms with Crippen molar-refractivity contribution in [1.29, 1.82) is 0 Å². The SMILES string of the molecule is COC[C@@H](C)Cc1cc(N2CCN(C)CC2)ccc1C(=O)Nc1n[nH]c2ccc(OCc3cc(F)cc(F)c3)cc12. The summed E-state index contributed by atoms with van der Waals surface area (Å²) in [6, 6.07) is 14.5. The highest BCUT2D eigenvalue weighted by Crippen LogP contribution is 2.28. The van der Waals surface area contributed by atoms with Crippen LogP contribution in [-0.2, 0) is 17.8 Å². The van der Waals surface area contributed by atoms with E-state index in [0.717, 1.165) is 43.5 Å². The van der Waals surface area contributed by atoms with Gasteiger partial charge in [-0.3, -0.25) is 9.89 Å². The van der Waals surface area contributed by atoms with E-state index < -0.39 is 11.6 Å². The molecule has 0 spiro atoms. The maximum Gasteiger partial charge on any atom is 0.257 e.